The molecule has 0 bridgehead atoms. The fourth-order valence-corrected chi connectivity index (χ4v) is 5.14. The van der Waals surface area contributed by atoms with Crippen molar-refractivity contribution in [3.8, 4) is 0 Å². The van der Waals surface area contributed by atoms with Gasteiger partial charge in [0.25, 0.3) is 0 Å². The van der Waals surface area contributed by atoms with Gasteiger partial charge in [-0.1, -0.05) is 36.4 Å². The number of allylic oxidation sites excluding steroid dienone is 4. The maximum Gasteiger partial charge on any atom is 0.354 e. The predicted octanol–water partition coefficient (Wildman–Crippen LogP) is 4.28. The van der Waals surface area contributed by atoms with Crippen molar-refractivity contribution in [2.75, 3.05) is 13.1 Å². The summed E-state index contributed by atoms with van der Waals surface area (Å²) in [7, 11) is 0. The Labute approximate surface area is 159 Å². The van der Waals surface area contributed by atoms with Crippen LogP contribution in [0.4, 0.5) is 0 Å². The summed E-state index contributed by atoms with van der Waals surface area (Å²) in [6, 6.07) is 9.50. The maximum atomic E-state index is 11.5. The zero-order chi connectivity index (χ0) is 18.4. The van der Waals surface area contributed by atoms with E-state index in [0.29, 0.717) is 11.3 Å². The Kier molecular flexibility index (Phi) is 3.90. The molecule has 2 fully saturated rings. The van der Waals surface area contributed by atoms with E-state index in [9.17, 15) is 9.90 Å². The third-order valence-corrected chi connectivity index (χ3v) is 6.75. The minimum absolute atomic E-state index is 0.107. The molecule has 27 heavy (non-hydrogen) atoms. The van der Waals surface area contributed by atoms with E-state index in [-0.39, 0.29) is 5.69 Å². The second-order valence-electron chi connectivity index (χ2n) is 8.22. The molecule has 138 valence electrons. The second kappa shape index (κ2) is 6.31. The van der Waals surface area contributed by atoms with Crippen LogP contribution >= 0.6 is 0 Å². The lowest BCUT2D eigenvalue weighted by Crippen LogP contribution is -2.30. The van der Waals surface area contributed by atoms with E-state index in [1.165, 1.54) is 19.3 Å². The normalized spacial score (nSPS) is 26.1. The van der Waals surface area contributed by atoms with Gasteiger partial charge in [-0.15, -0.1) is 0 Å². The lowest BCUT2D eigenvalue weighted by Gasteiger charge is -2.26. The van der Waals surface area contributed by atoms with E-state index in [1.54, 1.807) is 6.07 Å². The highest BCUT2D eigenvalue weighted by Gasteiger charge is 2.56. The molecule has 2 heterocycles. The van der Waals surface area contributed by atoms with Crippen LogP contribution in [0.15, 0.2) is 48.6 Å². The Morgan fingerprint density at radius 3 is 2.78 bits per heavy atom. The summed E-state index contributed by atoms with van der Waals surface area (Å²) in [5, 5.41) is 13.9. The minimum atomic E-state index is -0.980. The average Bonchev–Trinajstić information content (AvgIpc) is 3.40. The number of rotatable bonds is 3. The Bertz CT molecular complexity index is 970. The number of nitrogens with one attached hydrogen (secondary N) is 1. The van der Waals surface area contributed by atoms with Crippen LogP contribution in [0.3, 0.4) is 0 Å². The molecule has 0 amide bonds. The number of carbonyl (C=O) groups is 1. The molecule has 0 radical (unpaired) electrons. The van der Waals surface area contributed by atoms with Crippen molar-refractivity contribution < 1.29 is 9.90 Å². The van der Waals surface area contributed by atoms with E-state index < -0.39 is 5.97 Å². The number of hydrogen-bond acceptors (Lipinski definition) is 3. The molecule has 1 saturated heterocycles. The molecule has 1 aromatic heterocycles. The zero-order valence-electron chi connectivity index (χ0n) is 15.3. The van der Waals surface area contributed by atoms with Gasteiger partial charge in [-0.2, -0.15) is 0 Å². The van der Waals surface area contributed by atoms with Crippen molar-refractivity contribution in [3.63, 3.8) is 0 Å². The smallest absolute Gasteiger partial charge is 0.354 e. The number of pyridine rings is 1. The topological polar surface area (TPSA) is 62.2 Å². The molecule has 2 aliphatic carbocycles. The number of fused-ring (bicyclic) bond motifs is 1. The van der Waals surface area contributed by atoms with Crippen molar-refractivity contribution in [3.05, 3.63) is 59.8 Å². The van der Waals surface area contributed by atoms with Gasteiger partial charge < -0.3 is 10.4 Å². The van der Waals surface area contributed by atoms with Crippen molar-refractivity contribution in [2.24, 2.45) is 17.3 Å². The highest BCUT2D eigenvalue weighted by molar-refractivity contribution is 5.98. The Morgan fingerprint density at radius 1 is 1.22 bits per heavy atom. The Balaban J connectivity index is 1.43. The average molecular weight is 360 g/mol. The first kappa shape index (κ1) is 16.7. The van der Waals surface area contributed by atoms with Crippen LogP contribution in [-0.4, -0.2) is 29.1 Å². The van der Waals surface area contributed by atoms with Gasteiger partial charge in [0.2, 0.25) is 0 Å². The molecule has 1 saturated carbocycles. The number of benzene rings is 1. The third-order valence-electron chi connectivity index (χ3n) is 6.75. The number of aromatic carboxylic acids is 1. The number of piperidine rings is 1. The third kappa shape index (κ3) is 2.88. The van der Waals surface area contributed by atoms with E-state index >= 15 is 0 Å². The Hall–Kier alpha value is -2.46. The number of carboxylic acids is 1. The van der Waals surface area contributed by atoms with Gasteiger partial charge in [0, 0.05) is 5.39 Å². The number of para-hydroxylation sites is 1. The molecule has 3 aliphatic rings. The quantitative estimate of drug-likeness (QED) is 0.857. The molecule has 4 heteroatoms. The molecule has 1 aliphatic heterocycles. The van der Waals surface area contributed by atoms with Crippen LogP contribution in [0, 0.1) is 17.3 Å². The molecule has 1 aromatic carbocycles. The molecular weight excluding hydrogens is 336 g/mol. The summed E-state index contributed by atoms with van der Waals surface area (Å²) in [6.45, 7) is 2.32. The monoisotopic (exact) mass is 360 g/mol. The van der Waals surface area contributed by atoms with Gasteiger partial charge in [-0.25, -0.2) is 9.78 Å². The van der Waals surface area contributed by atoms with Crippen molar-refractivity contribution in [1.82, 2.24) is 10.3 Å². The molecule has 2 aromatic rings. The lowest BCUT2D eigenvalue weighted by molar-refractivity contribution is 0.0691. The van der Waals surface area contributed by atoms with E-state index in [4.69, 9.17) is 0 Å². The van der Waals surface area contributed by atoms with Gasteiger partial charge in [0.05, 0.1) is 5.52 Å². The molecular formula is C23H24N2O2. The van der Waals surface area contributed by atoms with Crippen LogP contribution < -0.4 is 5.32 Å². The van der Waals surface area contributed by atoms with Crippen molar-refractivity contribution >= 4 is 22.4 Å². The number of nitrogens with zero attached hydrogens (tertiary/aromatic N) is 1. The molecule has 1 unspecified atom stereocenters. The van der Waals surface area contributed by atoms with Gasteiger partial charge in [0.15, 0.2) is 0 Å². The first-order chi connectivity index (χ1) is 13.2. The van der Waals surface area contributed by atoms with Crippen LogP contribution in [-0.2, 0) is 0 Å². The lowest BCUT2D eigenvalue weighted by atomic mass is 9.83. The van der Waals surface area contributed by atoms with E-state index in [0.717, 1.165) is 47.5 Å². The minimum Gasteiger partial charge on any atom is -0.477 e. The molecule has 1 spiro atoms. The van der Waals surface area contributed by atoms with Crippen LogP contribution in [0.25, 0.3) is 16.5 Å². The molecule has 2 N–H and O–H groups in total. The fraction of sp³-hybridized carbons (Fsp3) is 0.391. The second-order valence-corrected chi connectivity index (χ2v) is 8.22. The van der Waals surface area contributed by atoms with Crippen LogP contribution in [0.1, 0.15) is 41.7 Å². The summed E-state index contributed by atoms with van der Waals surface area (Å²) < 4.78 is 0. The largest absolute Gasteiger partial charge is 0.477 e. The molecule has 2 atom stereocenters. The van der Waals surface area contributed by atoms with E-state index in [2.05, 4.69) is 28.5 Å². The van der Waals surface area contributed by atoms with Gasteiger partial charge in [0.1, 0.15) is 5.69 Å². The standard InChI is InChI=1S/C23H24N2O2/c26-22(27)21-13-18(17-3-1-2-4-20(17)25-21)15-5-7-16(8-6-15)19-14-23(19)9-11-24-12-10-23/h1-7,13,16,19,24H,8-12,14H2,(H,26,27)/t16?,19-/m1/s1. The fourth-order valence-electron chi connectivity index (χ4n) is 5.14. The number of hydrogen-bond donors (Lipinski definition) is 2. The SMILES string of the molecule is O=C(O)c1cc(C2=CCC([C@H]3CC34CCNCC4)C=C2)c2ccccc2n1. The van der Waals surface area contributed by atoms with Crippen LogP contribution in [0.2, 0.25) is 0 Å². The number of aromatic nitrogens is 1. The molecule has 4 nitrogen and oxygen atoms in total. The van der Waals surface area contributed by atoms with Crippen LogP contribution in [0.5, 0.6) is 0 Å². The summed E-state index contributed by atoms with van der Waals surface area (Å²) in [6.07, 6.45) is 11.9. The summed E-state index contributed by atoms with van der Waals surface area (Å²) in [5.41, 5.74) is 3.52. The number of carboxylic acid groups (broad SMARTS) is 1. The Morgan fingerprint density at radius 2 is 2.04 bits per heavy atom. The zero-order valence-corrected chi connectivity index (χ0v) is 15.3. The van der Waals surface area contributed by atoms with Gasteiger partial charge >= 0.3 is 5.97 Å². The first-order valence-corrected chi connectivity index (χ1v) is 9.89. The highest BCUT2D eigenvalue weighted by atomic mass is 16.4. The van der Waals surface area contributed by atoms with Gasteiger partial charge in [-0.05, 0) is 79.3 Å². The molecule has 5 rings (SSSR count). The van der Waals surface area contributed by atoms with Gasteiger partial charge in [-0.3, -0.25) is 0 Å². The van der Waals surface area contributed by atoms with Crippen molar-refractivity contribution in [1.29, 1.82) is 0 Å². The predicted molar refractivity (Wildman–Crippen MR) is 107 cm³/mol. The first-order valence-electron chi connectivity index (χ1n) is 9.89. The van der Waals surface area contributed by atoms with E-state index in [1.807, 2.05) is 24.3 Å². The maximum absolute atomic E-state index is 11.5. The van der Waals surface area contributed by atoms with Crippen molar-refractivity contribution in [2.45, 2.75) is 25.7 Å². The summed E-state index contributed by atoms with van der Waals surface area (Å²) in [5.74, 6) is 0.461. The summed E-state index contributed by atoms with van der Waals surface area (Å²) in [4.78, 5) is 15.8. The highest BCUT2D eigenvalue weighted by Crippen LogP contribution is 2.63. The summed E-state index contributed by atoms with van der Waals surface area (Å²) >= 11 is 0.